The van der Waals surface area contributed by atoms with Gasteiger partial charge in [-0.3, -0.25) is 4.79 Å². The number of carbonyl (C=O) groups excluding carboxylic acids is 1. The normalized spacial score (nSPS) is 10.2. The summed E-state index contributed by atoms with van der Waals surface area (Å²) in [6.45, 7) is 7.54. The number of aromatic nitrogens is 1. The molecule has 0 fully saturated rings. The Morgan fingerprint density at radius 1 is 1.28 bits per heavy atom. The van der Waals surface area contributed by atoms with Crippen molar-refractivity contribution in [3.05, 3.63) is 23.5 Å². The van der Waals surface area contributed by atoms with E-state index in [2.05, 4.69) is 18.8 Å². The molecule has 0 radical (unpaired) electrons. The van der Waals surface area contributed by atoms with Crippen molar-refractivity contribution in [2.24, 2.45) is 0 Å². The van der Waals surface area contributed by atoms with E-state index in [-0.39, 0.29) is 5.91 Å². The highest BCUT2D eigenvalue weighted by molar-refractivity contribution is 5.92. The van der Waals surface area contributed by atoms with Crippen molar-refractivity contribution < 1.29 is 9.53 Å². The average Bonchev–Trinajstić information content (AvgIpc) is 2.36. The molecule has 4 nitrogen and oxygen atoms in total. The van der Waals surface area contributed by atoms with Crippen LogP contribution in [-0.4, -0.2) is 36.0 Å². The zero-order valence-corrected chi connectivity index (χ0v) is 11.7. The third-order valence-corrected chi connectivity index (χ3v) is 2.66. The van der Waals surface area contributed by atoms with E-state index in [1.807, 2.05) is 17.9 Å². The number of ether oxygens (including phenoxy) is 1. The lowest BCUT2D eigenvalue weighted by molar-refractivity contribution is 0.0749. The maximum absolute atomic E-state index is 12.4. The van der Waals surface area contributed by atoms with Crippen molar-refractivity contribution in [3.8, 4) is 5.75 Å². The van der Waals surface area contributed by atoms with Crippen molar-refractivity contribution in [1.82, 2.24) is 9.88 Å². The van der Waals surface area contributed by atoms with Crippen LogP contribution in [0.25, 0.3) is 0 Å². The highest BCUT2D eigenvalue weighted by Crippen LogP contribution is 2.15. The quantitative estimate of drug-likeness (QED) is 0.779. The predicted molar refractivity (Wildman–Crippen MR) is 72.0 cm³/mol. The molecule has 0 aliphatic heterocycles. The van der Waals surface area contributed by atoms with Gasteiger partial charge in [-0.15, -0.1) is 0 Å². The van der Waals surface area contributed by atoms with Gasteiger partial charge in [0, 0.05) is 30.9 Å². The number of methoxy groups -OCH3 is 1. The molecule has 0 N–H and O–H groups in total. The molecule has 1 amide bonds. The lowest BCUT2D eigenvalue weighted by Gasteiger charge is -2.21. The molecule has 1 heterocycles. The van der Waals surface area contributed by atoms with Crippen LogP contribution in [-0.2, 0) is 0 Å². The summed E-state index contributed by atoms with van der Waals surface area (Å²) in [5, 5.41) is 0. The van der Waals surface area contributed by atoms with E-state index in [1.54, 1.807) is 13.2 Å². The standard InChI is InChI=1S/C14H22N2O2/c1-5-7-16(8-6-2)14(17)13-10-12(18-4)9-11(3)15-13/h9-10H,5-8H2,1-4H3. The van der Waals surface area contributed by atoms with Crippen LogP contribution in [0.2, 0.25) is 0 Å². The number of hydrogen-bond donors (Lipinski definition) is 0. The van der Waals surface area contributed by atoms with Crippen LogP contribution in [0.4, 0.5) is 0 Å². The van der Waals surface area contributed by atoms with Crippen LogP contribution in [0.5, 0.6) is 5.75 Å². The largest absolute Gasteiger partial charge is 0.497 e. The zero-order chi connectivity index (χ0) is 13.5. The number of aryl methyl sites for hydroxylation is 1. The summed E-state index contributed by atoms with van der Waals surface area (Å²) in [7, 11) is 1.60. The molecule has 4 heteroatoms. The number of carbonyl (C=O) groups is 1. The maximum atomic E-state index is 12.4. The van der Waals surface area contributed by atoms with Crippen LogP contribution in [0.15, 0.2) is 12.1 Å². The first-order valence-electron chi connectivity index (χ1n) is 6.44. The van der Waals surface area contributed by atoms with Gasteiger partial charge in [-0.1, -0.05) is 13.8 Å². The number of pyridine rings is 1. The second kappa shape index (κ2) is 6.99. The molecule has 0 saturated carbocycles. The molecule has 0 aliphatic rings. The van der Waals surface area contributed by atoms with E-state index < -0.39 is 0 Å². The number of rotatable bonds is 6. The van der Waals surface area contributed by atoms with Crippen LogP contribution in [0, 0.1) is 6.92 Å². The molecule has 0 atom stereocenters. The molecule has 18 heavy (non-hydrogen) atoms. The average molecular weight is 250 g/mol. The van der Waals surface area contributed by atoms with Gasteiger partial charge in [0.25, 0.3) is 5.91 Å². The van der Waals surface area contributed by atoms with Crippen molar-refractivity contribution in [2.75, 3.05) is 20.2 Å². The summed E-state index contributed by atoms with van der Waals surface area (Å²) in [6, 6.07) is 3.52. The Morgan fingerprint density at radius 3 is 2.39 bits per heavy atom. The fourth-order valence-electron chi connectivity index (χ4n) is 1.88. The van der Waals surface area contributed by atoms with E-state index in [1.165, 1.54) is 0 Å². The Kier molecular flexibility index (Phi) is 5.62. The Balaban J connectivity index is 2.96. The molecule has 0 unspecified atom stereocenters. The first-order chi connectivity index (χ1) is 8.62. The second-order valence-electron chi connectivity index (χ2n) is 4.33. The molecular weight excluding hydrogens is 228 g/mol. The van der Waals surface area contributed by atoms with E-state index >= 15 is 0 Å². The topological polar surface area (TPSA) is 42.4 Å². The molecule has 0 aliphatic carbocycles. The molecule has 1 rings (SSSR count). The van der Waals surface area contributed by atoms with E-state index in [0.29, 0.717) is 11.4 Å². The first-order valence-corrected chi connectivity index (χ1v) is 6.44. The molecule has 100 valence electrons. The third kappa shape index (κ3) is 3.72. The van der Waals surface area contributed by atoms with Crippen molar-refractivity contribution in [3.63, 3.8) is 0 Å². The number of nitrogens with zero attached hydrogens (tertiary/aromatic N) is 2. The lowest BCUT2D eigenvalue weighted by Crippen LogP contribution is -2.33. The van der Waals surface area contributed by atoms with Crippen LogP contribution in [0.1, 0.15) is 42.9 Å². The van der Waals surface area contributed by atoms with Gasteiger partial charge in [-0.2, -0.15) is 0 Å². The summed E-state index contributed by atoms with van der Waals surface area (Å²) in [4.78, 5) is 18.5. The molecule has 0 saturated heterocycles. The monoisotopic (exact) mass is 250 g/mol. The molecular formula is C14H22N2O2. The zero-order valence-electron chi connectivity index (χ0n) is 11.7. The van der Waals surface area contributed by atoms with Gasteiger partial charge in [0.1, 0.15) is 11.4 Å². The van der Waals surface area contributed by atoms with Crippen LogP contribution < -0.4 is 4.74 Å². The van der Waals surface area contributed by atoms with Gasteiger partial charge in [0.15, 0.2) is 0 Å². The van der Waals surface area contributed by atoms with Gasteiger partial charge in [-0.05, 0) is 19.8 Å². The summed E-state index contributed by atoms with van der Waals surface area (Å²) in [5.74, 6) is 0.666. The fourth-order valence-corrected chi connectivity index (χ4v) is 1.88. The predicted octanol–water partition coefficient (Wildman–Crippen LogP) is 2.66. The van der Waals surface area contributed by atoms with Gasteiger partial charge < -0.3 is 9.64 Å². The van der Waals surface area contributed by atoms with Gasteiger partial charge in [-0.25, -0.2) is 4.98 Å². The minimum Gasteiger partial charge on any atom is -0.497 e. The summed E-state index contributed by atoms with van der Waals surface area (Å²) in [6.07, 6.45) is 1.91. The Morgan fingerprint density at radius 2 is 1.89 bits per heavy atom. The Hall–Kier alpha value is -1.58. The minimum atomic E-state index is -0.0132. The number of hydrogen-bond acceptors (Lipinski definition) is 3. The van der Waals surface area contributed by atoms with Gasteiger partial charge in [0.05, 0.1) is 7.11 Å². The van der Waals surface area contributed by atoms with Crippen molar-refractivity contribution >= 4 is 5.91 Å². The fraction of sp³-hybridized carbons (Fsp3) is 0.571. The Labute approximate surface area is 109 Å². The summed E-state index contributed by atoms with van der Waals surface area (Å²) < 4.78 is 5.17. The second-order valence-corrected chi connectivity index (χ2v) is 4.33. The lowest BCUT2D eigenvalue weighted by atomic mass is 10.2. The SMILES string of the molecule is CCCN(CCC)C(=O)c1cc(OC)cc(C)n1. The highest BCUT2D eigenvalue weighted by Gasteiger charge is 2.16. The molecule has 0 bridgehead atoms. The van der Waals surface area contributed by atoms with Crippen molar-refractivity contribution in [2.45, 2.75) is 33.6 Å². The summed E-state index contributed by atoms with van der Waals surface area (Å²) >= 11 is 0. The molecule has 0 aromatic carbocycles. The molecule has 1 aromatic rings. The van der Waals surface area contributed by atoms with Crippen molar-refractivity contribution in [1.29, 1.82) is 0 Å². The van der Waals surface area contributed by atoms with Crippen LogP contribution in [0.3, 0.4) is 0 Å². The smallest absolute Gasteiger partial charge is 0.272 e. The van der Waals surface area contributed by atoms with E-state index in [9.17, 15) is 4.79 Å². The van der Waals surface area contributed by atoms with Gasteiger partial charge >= 0.3 is 0 Å². The highest BCUT2D eigenvalue weighted by atomic mass is 16.5. The third-order valence-electron chi connectivity index (χ3n) is 2.66. The first kappa shape index (κ1) is 14.5. The Bertz CT molecular complexity index is 399. The summed E-state index contributed by atoms with van der Waals surface area (Å²) in [5.41, 5.74) is 1.26. The number of amides is 1. The van der Waals surface area contributed by atoms with Gasteiger partial charge in [0.2, 0.25) is 0 Å². The van der Waals surface area contributed by atoms with E-state index in [4.69, 9.17) is 4.74 Å². The minimum absolute atomic E-state index is 0.0132. The maximum Gasteiger partial charge on any atom is 0.272 e. The van der Waals surface area contributed by atoms with Crippen LogP contribution >= 0.6 is 0 Å². The molecule has 1 aromatic heterocycles. The van der Waals surface area contributed by atoms with E-state index in [0.717, 1.165) is 31.6 Å². The molecule has 0 spiro atoms.